The van der Waals surface area contributed by atoms with Crippen molar-refractivity contribution in [3.63, 3.8) is 0 Å². The van der Waals surface area contributed by atoms with Crippen molar-refractivity contribution in [1.82, 2.24) is 26.8 Å². The average molecular weight is 1700 g/mol. The summed E-state index contributed by atoms with van der Waals surface area (Å²) < 4.78 is 33.1. The van der Waals surface area contributed by atoms with Gasteiger partial charge in [-0.2, -0.15) is 0 Å². The van der Waals surface area contributed by atoms with E-state index in [4.69, 9.17) is 23.7 Å². The van der Waals surface area contributed by atoms with Crippen molar-refractivity contribution in [2.45, 2.75) is 377 Å². The second-order valence-electron chi connectivity index (χ2n) is 13.2. The molecule has 0 aliphatic carbocycles. The van der Waals surface area contributed by atoms with Crippen LogP contribution in [0.25, 0.3) is 0 Å². The van der Waals surface area contributed by atoms with Crippen molar-refractivity contribution in [2.75, 3.05) is 162 Å². The molecule has 0 saturated carbocycles. The first-order valence-electron chi connectivity index (χ1n) is 46.7. The summed E-state index contributed by atoms with van der Waals surface area (Å²) in [5.41, 5.74) is 9.49. The molecule has 0 aromatic heterocycles. The standard InChI is InChI=1S/C4H8N2.C4H9NO.C4H7NS.C4H7N.2C4H8O2.2C3H6N2.2C3H5NO.2C3H5NS.24C2H6/c1-2-5-4-6-3-1;1-3-6-4-2-5-1;1-2-5-4-6-3-1;1-2-4-5-3-1;1-2-6-4-3-5-1;1-2-5-4-6-3-1;1-2-5-3-4-1;1-2-4-5-3-1;1-2-5-3-4-1;1-2-4-5-3-1;1-2-5-3-4-1;1-2-4-5-3-1;24*1-2/h4H,1-3H2,(H,5,6);5H,1-4H2;4H,1-3H2;3H,1-2,4H2;2*1-4H2;3H,1-2H2,(H,4,5);1-2,4-5H,3H2;3H,1-2H2;2H,1,3H2;3H,1-2H2;2H,1,3H2;24*1-2H3. The SMILES string of the molecule is C1=CNNC1.C1=NCCC1.C1=NCCCN1.C1=NCCCS1.C1=NCCN1.C1=NCCO1.C1=NCCS1.C1=NOCC1.C1=NSCC1.C1COCCN1.C1COCCO1.C1COCOC1.CC.CC.CC.CC.CC.CC.CC.CC.CC.CC.CC.CC.CC.CC.CC.CC.CC.CC.CC.CC.CC.CC.CC.CC. The van der Waals surface area contributed by atoms with E-state index >= 15 is 0 Å². The van der Waals surface area contributed by atoms with Crippen LogP contribution in [-0.2, 0) is 33.3 Å². The van der Waals surface area contributed by atoms with Crippen molar-refractivity contribution in [3.05, 3.63) is 12.3 Å². The zero-order valence-electron chi connectivity index (χ0n) is 86.6. The maximum atomic E-state index is 5.01. The highest BCUT2D eigenvalue weighted by atomic mass is 32.2. The highest BCUT2D eigenvalue weighted by Crippen LogP contribution is 2.07. The van der Waals surface area contributed by atoms with Gasteiger partial charge in [0, 0.05) is 101 Å². The lowest BCUT2D eigenvalue weighted by atomic mass is 10.4. The number of hydrogen-bond donors (Lipinski definition) is 5. The summed E-state index contributed by atoms with van der Waals surface area (Å²) in [6.45, 7) is 116. The number of hydrogen-bond acceptors (Lipinski definition) is 23. The molecule has 0 bridgehead atoms. The lowest BCUT2D eigenvalue weighted by Gasteiger charge is -2.10. The Morgan fingerprint density at radius 1 is 0.301 bits per heavy atom. The van der Waals surface area contributed by atoms with E-state index in [2.05, 4.69) is 75.9 Å². The van der Waals surface area contributed by atoms with Crippen LogP contribution in [0.1, 0.15) is 377 Å². The van der Waals surface area contributed by atoms with Crippen LogP contribution in [0.2, 0.25) is 0 Å². The van der Waals surface area contributed by atoms with Crippen molar-refractivity contribution in [1.29, 1.82) is 0 Å². The Morgan fingerprint density at radius 2 is 0.726 bits per heavy atom. The predicted molar refractivity (Wildman–Crippen MR) is 549 cm³/mol. The van der Waals surface area contributed by atoms with Crippen LogP contribution < -0.4 is 26.8 Å². The van der Waals surface area contributed by atoms with Gasteiger partial charge in [0.1, 0.15) is 20.0 Å². The summed E-state index contributed by atoms with van der Waals surface area (Å²) in [6.07, 6.45) is 22.7. The third-order valence-corrected chi connectivity index (χ3v) is 9.87. The van der Waals surface area contributed by atoms with Crippen LogP contribution in [0.4, 0.5) is 0 Å². The van der Waals surface area contributed by atoms with Crippen LogP contribution in [0.3, 0.4) is 0 Å². The summed E-state index contributed by atoms with van der Waals surface area (Å²) >= 11 is 5.23. The molecule has 12 rings (SSSR count). The summed E-state index contributed by atoms with van der Waals surface area (Å²) in [5.74, 6) is 3.66. The van der Waals surface area contributed by atoms with E-state index in [-0.39, 0.29) is 0 Å². The molecular weight excluding hydrogens is 1470 g/mol. The Morgan fingerprint density at radius 3 is 0.832 bits per heavy atom. The molecule has 0 unspecified atom stereocenters. The fraction of sp³-hybridized carbons (Fsp3) is 0.889. The minimum absolute atomic E-state index is 0.500. The molecule has 0 radical (unpaired) electrons. The molecule has 12 aliphatic heterocycles. The normalized spacial score (nSPS) is 13.5. The molecule has 23 heteroatoms. The topological polar surface area (TPSA) is 224 Å². The van der Waals surface area contributed by atoms with Crippen LogP contribution in [0, 0.1) is 0 Å². The quantitative estimate of drug-likeness (QED) is 0.142. The number of rotatable bonds is 0. The lowest BCUT2D eigenvalue weighted by Crippen LogP contribution is -2.30. The highest BCUT2D eigenvalue weighted by molar-refractivity contribution is 8.12. The number of hydrazine groups is 1. The van der Waals surface area contributed by atoms with Gasteiger partial charge in [0.2, 0.25) is 0 Å². The largest absolute Gasteiger partial charge is 0.482 e. The van der Waals surface area contributed by atoms with Gasteiger partial charge >= 0.3 is 0 Å². The van der Waals surface area contributed by atoms with Gasteiger partial charge in [0.25, 0.3) is 0 Å². The Bertz CT molecular complexity index is 970. The Labute approximate surface area is 731 Å². The molecule has 0 atom stereocenters. The van der Waals surface area contributed by atoms with E-state index in [9.17, 15) is 0 Å². The average Bonchev–Trinajstić information content (AvgIpc) is 2.47. The van der Waals surface area contributed by atoms with E-state index < -0.39 is 0 Å². The van der Waals surface area contributed by atoms with Gasteiger partial charge in [-0.3, -0.25) is 30.0 Å². The lowest BCUT2D eigenvalue weighted by molar-refractivity contribution is -0.0963. The first-order valence-corrected chi connectivity index (χ1v) is 49.8. The number of ether oxygens (including phenoxy) is 6. The van der Waals surface area contributed by atoms with Crippen LogP contribution in [0.5, 0.6) is 0 Å². The van der Waals surface area contributed by atoms with E-state index in [0.29, 0.717) is 6.79 Å². The van der Waals surface area contributed by atoms with E-state index in [1.54, 1.807) is 54.4 Å². The molecule has 5 N–H and O–H groups in total. The third-order valence-electron chi connectivity index (χ3n) is 7.61. The third kappa shape index (κ3) is 325. The first kappa shape index (κ1) is 177. The molecule has 0 aromatic carbocycles. The van der Waals surface area contributed by atoms with Gasteiger partial charge in [-0.1, -0.05) is 344 Å². The van der Waals surface area contributed by atoms with Crippen LogP contribution in [-0.4, -0.2) is 211 Å². The molecule has 12 heterocycles. The molecule has 12 aliphatic rings. The minimum Gasteiger partial charge on any atom is -0.482 e. The van der Waals surface area contributed by atoms with Gasteiger partial charge in [-0.05, 0) is 56.7 Å². The van der Waals surface area contributed by atoms with Crippen molar-refractivity contribution < 1.29 is 33.3 Å². The Balaban J connectivity index is -0.0000000332. The molecule has 0 aromatic rings. The fourth-order valence-corrected chi connectivity index (χ4v) is 6.05. The number of nitrogens with one attached hydrogen (secondary N) is 5. The molecule has 0 amide bonds. The maximum absolute atomic E-state index is 5.01. The smallest absolute Gasteiger partial charge is 0.169 e. The van der Waals surface area contributed by atoms with Gasteiger partial charge in [-0.15, -0.1) is 23.5 Å². The number of aliphatic imine (C=N–C) groups is 6. The predicted octanol–water partition coefficient (Wildman–Crippen LogP) is 28.2. The van der Waals surface area contributed by atoms with Gasteiger partial charge in [-0.25, -0.2) is 9.82 Å². The fourth-order valence-electron chi connectivity index (χ4n) is 4.39. The second kappa shape index (κ2) is 331. The van der Waals surface area contributed by atoms with Crippen molar-refractivity contribution >= 4 is 84.3 Å². The summed E-state index contributed by atoms with van der Waals surface area (Å²) in [4.78, 5) is 27.9. The monoisotopic (exact) mass is 1690 g/mol. The molecular formula is C90H223N13O7S3. The van der Waals surface area contributed by atoms with Gasteiger partial charge in [0.15, 0.2) is 6.40 Å². The summed E-state index contributed by atoms with van der Waals surface area (Å²) in [6, 6.07) is 0. The first-order chi connectivity index (χ1) is 56.5. The number of thioether (sulfide) groups is 2. The number of morpholine rings is 1. The van der Waals surface area contributed by atoms with E-state index in [1.807, 2.05) is 368 Å². The summed E-state index contributed by atoms with van der Waals surface area (Å²) in [7, 11) is 0. The van der Waals surface area contributed by atoms with Crippen LogP contribution >= 0.6 is 35.5 Å². The number of nitrogens with zero attached hydrogens (tertiary/aromatic N) is 8. The molecule has 0 spiro atoms. The molecule has 3 saturated heterocycles. The Kier molecular flexibility index (Phi) is 517. The van der Waals surface area contributed by atoms with Crippen LogP contribution in [0.15, 0.2) is 51.8 Å². The van der Waals surface area contributed by atoms with E-state index in [0.717, 1.165) is 151 Å². The molecule has 113 heavy (non-hydrogen) atoms. The van der Waals surface area contributed by atoms with Crippen molar-refractivity contribution in [2.24, 2.45) is 39.5 Å². The van der Waals surface area contributed by atoms with Crippen molar-refractivity contribution in [3.8, 4) is 0 Å². The minimum atomic E-state index is 0.500. The zero-order valence-corrected chi connectivity index (χ0v) is 89.0. The van der Waals surface area contributed by atoms with Gasteiger partial charge in [0.05, 0.1) is 89.7 Å². The zero-order chi connectivity index (χ0) is 94.0. The molecule has 708 valence electrons. The second-order valence-corrected chi connectivity index (χ2v) is 16.0. The molecule has 3 fully saturated rings. The number of oxime groups is 1. The highest BCUT2D eigenvalue weighted by Gasteiger charge is 1.96. The molecule has 20 nitrogen and oxygen atoms in total. The Hall–Kier alpha value is -3.13. The maximum Gasteiger partial charge on any atom is 0.169 e. The van der Waals surface area contributed by atoms with E-state index in [1.165, 1.54) is 55.8 Å². The summed E-state index contributed by atoms with van der Waals surface area (Å²) in [5, 5.41) is 12.5. The van der Waals surface area contributed by atoms with Gasteiger partial charge < -0.3 is 54.6 Å².